The van der Waals surface area contributed by atoms with Gasteiger partial charge in [0.2, 0.25) is 0 Å². The van der Waals surface area contributed by atoms with Crippen LogP contribution in [-0.4, -0.2) is 55.3 Å². The first-order valence-corrected chi connectivity index (χ1v) is 7.24. The van der Waals surface area contributed by atoms with Crippen molar-refractivity contribution in [3.63, 3.8) is 0 Å². The Hall–Kier alpha value is -2.02. The monoisotopic (exact) mass is 291 g/mol. The number of nitrogens with zero attached hydrogens (tertiary/aromatic N) is 3. The van der Waals surface area contributed by atoms with Gasteiger partial charge < -0.3 is 19.7 Å². The lowest BCUT2D eigenvalue weighted by atomic mass is 10.1. The molecule has 4 rings (SSSR count). The second-order valence-electron chi connectivity index (χ2n) is 6.07. The number of carbonyl (C=O) groups is 1. The zero-order valence-electron chi connectivity index (χ0n) is 11.7. The van der Waals surface area contributed by atoms with E-state index >= 15 is 0 Å². The summed E-state index contributed by atoms with van der Waals surface area (Å²) in [5.74, 6) is -1.51. The van der Waals surface area contributed by atoms with Crippen molar-refractivity contribution in [2.75, 3.05) is 6.54 Å². The molecule has 3 aliphatic rings. The molecule has 3 atom stereocenters. The minimum atomic E-state index is -0.889. The van der Waals surface area contributed by atoms with Crippen molar-refractivity contribution < 1.29 is 15.0 Å². The van der Waals surface area contributed by atoms with Gasteiger partial charge in [-0.1, -0.05) is 0 Å². The van der Waals surface area contributed by atoms with Crippen molar-refractivity contribution in [3.05, 3.63) is 22.1 Å². The maximum absolute atomic E-state index is 12.7. The van der Waals surface area contributed by atoms with Gasteiger partial charge in [-0.2, -0.15) is 0 Å². The SMILES string of the molecule is C[C@H]1C2CCCN2[C@@H]2Cn3cc(O)c(=O)c(O)c3C(=O)N12. The lowest BCUT2D eigenvalue weighted by Crippen LogP contribution is -2.51. The van der Waals surface area contributed by atoms with Gasteiger partial charge in [0.1, 0.15) is 6.17 Å². The standard InChI is InChI=1S/C14H17N3O4/c1-7-8-3-2-4-16(8)10-6-15-5-9(18)12(19)13(20)11(15)14(21)17(7)10/h5,7-8,10,18,20H,2-4,6H2,1H3/t7-,8?,10-/m0/s1. The molecule has 1 aromatic rings. The van der Waals surface area contributed by atoms with Gasteiger partial charge in [0.05, 0.1) is 12.7 Å². The summed E-state index contributed by atoms with van der Waals surface area (Å²) in [5, 5.41) is 19.5. The predicted molar refractivity (Wildman–Crippen MR) is 73.2 cm³/mol. The zero-order valence-corrected chi connectivity index (χ0v) is 11.7. The Bertz CT molecular complexity index is 698. The van der Waals surface area contributed by atoms with E-state index in [4.69, 9.17) is 0 Å². The lowest BCUT2D eigenvalue weighted by molar-refractivity contribution is 0.0460. The van der Waals surface area contributed by atoms with E-state index in [-0.39, 0.29) is 23.8 Å². The molecular weight excluding hydrogens is 274 g/mol. The normalized spacial score (nSPS) is 31.2. The lowest BCUT2D eigenvalue weighted by Gasteiger charge is -2.37. The summed E-state index contributed by atoms with van der Waals surface area (Å²) < 4.78 is 1.50. The third-order valence-corrected chi connectivity index (χ3v) is 5.08. The van der Waals surface area contributed by atoms with Crippen molar-refractivity contribution >= 4 is 5.91 Å². The van der Waals surface area contributed by atoms with Crippen LogP contribution in [0.25, 0.3) is 0 Å². The molecule has 0 saturated carbocycles. The Balaban J connectivity index is 1.87. The van der Waals surface area contributed by atoms with E-state index in [2.05, 4.69) is 4.90 Å². The Kier molecular flexibility index (Phi) is 2.42. The van der Waals surface area contributed by atoms with Gasteiger partial charge in [0.15, 0.2) is 17.2 Å². The largest absolute Gasteiger partial charge is 0.503 e. The van der Waals surface area contributed by atoms with Crippen LogP contribution in [0.4, 0.5) is 0 Å². The number of aromatic hydroxyl groups is 2. The molecule has 21 heavy (non-hydrogen) atoms. The van der Waals surface area contributed by atoms with Crippen LogP contribution in [0.2, 0.25) is 0 Å². The molecule has 1 amide bonds. The van der Waals surface area contributed by atoms with Crippen LogP contribution in [0.1, 0.15) is 30.3 Å². The topological polar surface area (TPSA) is 86.0 Å². The van der Waals surface area contributed by atoms with Crippen LogP contribution in [0.15, 0.2) is 11.0 Å². The summed E-state index contributed by atoms with van der Waals surface area (Å²) in [6, 6.07) is 0.415. The first kappa shape index (κ1) is 12.7. The van der Waals surface area contributed by atoms with Gasteiger partial charge in [0.25, 0.3) is 11.3 Å². The molecule has 1 unspecified atom stereocenters. The molecule has 2 N–H and O–H groups in total. The van der Waals surface area contributed by atoms with Gasteiger partial charge in [-0.05, 0) is 19.8 Å². The number of fused-ring (bicyclic) bond motifs is 4. The van der Waals surface area contributed by atoms with Gasteiger partial charge >= 0.3 is 0 Å². The third kappa shape index (κ3) is 1.47. The van der Waals surface area contributed by atoms with Crippen molar-refractivity contribution in [2.24, 2.45) is 0 Å². The van der Waals surface area contributed by atoms with E-state index < -0.39 is 16.9 Å². The number of hydrogen-bond donors (Lipinski definition) is 2. The Morgan fingerprint density at radius 1 is 1.29 bits per heavy atom. The average Bonchev–Trinajstić information content (AvgIpc) is 3.00. The molecule has 0 bridgehead atoms. The molecule has 7 heteroatoms. The number of carbonyl (C=O) groups excluding carboxylic acids is 1. The summed E-state index contributed by atoms with van der Waals surface area (Å²) in [6.07, 6.45) is 3.38. The van der Waals surface area contributed by atoms with Crippen LogP contribution < -0.4 is 5.43 Å². The molecular formula is C14H17N3O4. The highest BCUT2D eigenvalue weighted by atomic mass is 16.3. The van der Waals surface area contributed by atoms with E-state index in [9.17, 15) is 19.8 Å². The number of aromatic nitrogens is 1. The first-order valence-electron chi connectivity index (χ1n) is 7.24. The fourth-order valence-corrected chi connectivity index (χ4v) is 4.13. The number of hydrogen-bond acceptors (Lipinski definition) is 5. The summed E-state index contributed by atoms with van der Waals surface area (Å²) in [7, 11) is 0. The molecule has 1 aromatic heterocycles. The Morgan fingerprint density at radius 3 is 2.81 bits per heavy atom. The second-order valence-corrected chi connectivity index (χ2v) is 6.07. The van der Waals surface area contributed by atoms with Crippen LogP contribution in [0.3, 0.4) is 0 Å². The maximum Gasteiger partial charge on any atom is 0.276 e. The van der Waals surface area contributed by atoms with E-state index in [0.717, 1.165) is 19.4 Å². The molecule has 0 aromatic carbocycles. The summed E-state index contributed by atoms with van der Waals surface area (Å²) >= 11 is 0. The molecule has 2 saturated heterocycles. The summed E-state index contributed by atoms with van der Waals surface area (Å²) in [6.45, 7) is 3.44. The van der Waals surface area contributed by atoms with Crippen molar-refractivity contribution in [2.45, 2.75) is 44.6 Å². The maximum atomic E-state index is 12.7. The van der Waals surface area contributed by atoms with Crippen LogP contribution in [-0.2, 0) is 6.54 Å². The van der Waals surface area contributed by atoms with E-state index in [0.29, 0.717) is 12.6 Å². The van der Waals surface area contributed by atoms with Crippen molar-refractivity contribution in [1.29, 1.82) is 0 Å². The smallest absolute Gasteiger partial charge is 0.276 e. The molecule has 0 aliphatic carbocycles. The van der Waals surface area contributed by atoms with Gasteiger partial charge in [-0.3, -0.25) is 14.5 Å². The van der Waals surface area contributed by atoms with Gasteiger partial charge in [-0.15, -0.1) is 0 Å². The van der Waals surface area contributed by atoms with Crippen molar-refractivity contribution in [1.82, 2.24) is 14.4 Å². The fraction of sp³-hybridized carbons (Fsp3) is 0.571. The fourth-order valence-electron chi connectivity index (χ4n) is 4.13. The quantitative estimate of drug-likeness (QED) is 0.697. The summed E-state index contributed by atoms with van der Waals surface area (Å²) in [4.78, 5) is 28.5. The minimum Gasteiger partial charge on any atom is -0.503 e. The number of rotatable bonds is 0. The highest BCUT2D eigenvalue weighted by molar-refractivity contribution is 5.96. The van der Waals surface area contributed by atoms with Gasteiger partial charge in [0, 0.05) is 18.6 Å². The van der Waals surface area contributed by atoms with Gasteiger partial charge in [-0.25, -0.2) is 0 Å². The van der Waals surface area contributed by atoms with Crippen LogP contribution in [0.5, 0.6) is 11.5 Å². The molecule has 7 nitrogen and oxygen atoms in total. The molecule has 0 radical (unpaired) electrons. The highest BCUT2D eigenvalue weighted by Crippen LogP contribution is 2.39. The third-order valence-electron chi connectivity index (χ3n) is 5.08. The van der Waals surface area contributed by atoms with Crippen LogP contribution in [0, 0.1) is 0 Å². The Morgan fingerprint density at radius 2 is 2.05 bits per heavy atom. The first-order chi connectivity index (χ1) is 10.0. The van der Waals surface area contributed by atoms with Crippen molar-refractivity contribution in [3.8, 4) is 11.5 Å². The molecule has 4 heterocycles. The molecule has 0 spiro atoms. The van der Waals surface area contributed by atoms with E-state index in [1.807, 2.05) is 6.92 Å². The molecule has 3 aliphatic heterocycles. The van der Waals surface area contributed by atoms with Crippen LogP contribution >= 0.6 is 0 Å². The molecule has 112 valence electrons. The average molecular weight is 291 g/mol. The zero-order chi connectivity index (χ0) is 14.9. The number of amides is 1. The highest BCUT2D eigenvalue weighted by Gasteiger charge is 2.52. The minimum absolute atomic E-state index is 0.0120. The molecule has 2 fully saturated rings. The number of pyridine rings is 1. The predicted octanol–water partition coefficient (Wildman–Crippen LogP) is -0.0921. The Labute approximate surface area is 121 Å². The van der Waals surface area contributed by atoms with E-state index in [1.54, 1.807) is 4.90 Å². The second kappa shape index (κ2) is 4.00. The summed E-state index contributed by atoms with van der Waals surface area (Å²) in [5.41, 5.74) is -0.900. The van der Waals surface area contributed by atoms with E-state index in [1.165, 1.54) is 10.8 Å².